The molecule has 1 amide bonds. The Bertz CT molecular complexity index is 407. The summed E-state index contributed by atoms with van der Waals surface area (Å²) in [7, 11) is 0. The van der Waals surface area contributed by atoms with Gasteiger partial charge in [0.05, 0.1) is 0 Å². The Morgan fingerprint density at radius 1 is 1.09 bits per heavy atom. The van der Waals surface area contributed by atoms with Crippen LogP contribution in [0.3, 0.4) is 0 Å². The lowest BCUT2D eigenvalue weighted by molar-refractivity contribution is -0.125. The average Bonchev–Trinajstić information content (AvgIpc) is 2.41. The first kappa shape index (κ1) is 16.1. The lowest BCUT2D eigenvalue weighted by Crippen LogP contribution is -2.55. The zero-order valence-corrected chi connectivity index (χ0v) is 14.6. The molecule has 0 radical (unpaired) electrons. The Labute approximate surface area is 136 Å². The minimum absolute atomic E-state index is 0.308. The van der Waals surface area contributed by atoms with Gasteiger partial charge in [0.25, 0.3) is 0 Å². The van der Waals surface area contributed by atoms with Crippen LogP contribution in [0.2, 0.25) is 0 Å². The molecule has 1 N–H and O–H groups in total. The average molecular weight is 303 g/mol. The molecule has 2 heteroatoms. The van der Waals surface area contributed by atoms with E-state index in [9.17, 15) is 4.79 Å². The second kappa shape index (κ2) is 6.76. The standard InChI is InChI=1S/C20H33NO/c1-13(2)5-4-6-14(3)7-19(22)21-20-17-9-15-8-16(11-17)12-18(20)10-15/h5,14-18,20H,4,6-12H2,1-3H3,(H,21,22). The fraction of sp³-hybridized carbons (Fsp3) is 0.850. The third-order valence-electron chi connectivity index (χ3n) is 6.30. The summed E-state index contributed by atoms with van der Waals surface area (Å²) in [5.74, 6) is 4.36. The summed E-state index contributed by atoms with van der Waals surface area (Å²) in [6, 6.07) is 0.505. The smallest absolute Gasteiger partial charge is 0.220 e. The maximum atomic E-state index is 12.4. The van der Waals surface area contributed by atoms with Gasteiger partial charge in [-0.1, -0.05) is 18.6 Å². The third-order valence-corrected chi connectivity index (χ3v) is 6.30. The molecule has 4 aliphatic carbocycles. The predicted molar refractivity (Wildman–Crippen MR) is 91.4 cm³/mol. The highest BCUT2D eigenvalue weighted by Crippen LogP contribution is 2.53. The molecule has 22 heavy (non-hydrogen) atoms. The van der Waals surface area contributed by atoms with E-state index in [0.29, 0.717) is 24.3 Å². The van der Waals surface area contributed by atoms with E-state index in [2.05, 4.69) is 32.2 Å². The second-order valence-corrected chi connectivity index (χ2v) is 8.69. The van der Waals surface area contributed by atoms with Crippen molar-refractivity contribution in [3.05, 3.63) is 11.6 Å². The van der Waals surface area contributed by atoms with Gasteiger partial charge in [-0.25, -0.2) is 0 Å². The number of allylic oxidation sites excluding steroid dienone is 2. The molecule has 4 rings (SSSR count). The third kappa shape index (κ3) is 3.75. The van der Waals surface area contributed by atoms with Crippen LogP contribution in [0.4, 0.5) is 0 Å². The zero-order chi connectivity index (χ0) is 15.7. The van der Waals surface area contributed by atoms with Crippen LogP contribution in [-0.2, 0) is 4.79 Å². The maximum Gasteiger partial charge on any atom is 0.220 e. The molecule has 1 atom stereocenters. The van der Waals surface area contributed by atoms with Crippen molar-refractivity contribution in [2.75, 3.05) is 0 Å². The van der Waals surface area contributed by atoms with Crippen LogP contribution in [0.25, 0.3) is 0 Å². The molecule has 0 aliphatic heterocycles. The molecule has 0 saturated heterocycles. The van der Waals surface area contributed by atoms with Gasteiger partial charge in [-0.05, 0) is 88.4 Å². The van der Waals surface area contributed by atoms with Gasteiger partial charge >= 0.3 is 0 Å². The molecule has 4 bridgehead atoms. The lowest BCUT2D eigenvalue weighted by atomic mass is 9.54. The van der Waals surface area contributed by atoms with Crippen molar-refractivity contribution in [1.29, 1.82) is 0 Å². The number of hydrogen-bond acceptors (Lipinski definition) is 1. The molecule has 4 saturated carbocycles. The molecule has 4 aliphatic rings. The fourth-order valence-corrected chi connectivity index (χ4v) is 5.48. The summed E-state index contributed by atoms with van der Waals surface area (Å²) in [5, 5.41) is 3.44. The van der Waals surface area contributed by atoms with E-state index in [1.165, 1.54) is 37.7 Å². The van der Waals surface area contributed by atoms with E-state index in [-0.39, 0.29) is 0 Å². The number of carbonyl (C=O) groups excluding carboxylic acids is 1. The van der Waals surface area contributed by atoms with Crippen molar-refractivity contribution in [1.82, 2.24) is 5.32 Å². The Balaban J connectivity index is 1.45. The van der Waals surface area contributed by atoms with E-state index in [1.807, 2.05) is 0 Å². The van der Waals surface area contributed by atoms with Gasteiger partial charge in [0.2, 0.25) is 5.91 Å². The minimum Gasteiger partial charge on any atom is -0.353 e. The van der Waals surface area contributed by atoms with E-state index in [0.717, 1.165) is 36.5 Å². The van der Waals surface area contributed by atoms with Crippen molar-refractivity contribution >= 4 is 5.91 Å². The van der Waals surface area contributed by atoms with E-state index >= 15 is 0 Å². The normalized spacial score (nSPS) is 37.0. The van der Waals surface area contributed by atoms with Gasteiger partial charge in [0, 0.05) is 12.5 Å². The van der Waals surface area contributed by atoms with Crippen molar-refractivity contribution in [3.63, 3.8) is 0 Å². The first-order chi connectivity index (χ1) is 10.5. The van der Waals surface area contributed by atoms with Crippen molar-refractivity contribution in [3.8, 4) is 0 Å². The van der Waals surface area contributed by atoms with Crippen molar-refractivity contribution in [2.45, 2.75) is 78.2 Å². The van der Waals surface area contributed by atoms with Gasteiger partial charge in [0.1, 0.15) is 0 Å². The minimum atomic E-state index is 0.308. The first-order valence-corrected chi connectivity index (χ1v) is 9.44. The molecular weight excluding hydrogens is 270 g/mol. The van der Waals surface area contributed by atoms with Crippen LogP contribution < -0.4 is 5.32 Å². The molecular formula is C20H33NO. The summed E-state index contributed by atoms with van der Waals surface area (Å²) in [6.07, 6.45) is 12.2. The van der Waals surface area contributed by atoms with Gasteiger partial charge in [-0.2, -0.15) is 0 Å². The van der Waals surface area contributed by atoms with Crippen LogP contribution in [0.5, 0.6) is 0 Å². The van der Waals surface area contributed by atoms with Crippen LogP contribution in [-0.4, -0.2) is 11.9 Å². The predicted octanol–water partition coefficient (Wildman–Crippen LogP) is 4.70. The Kier molecular flexibility index (Phi) is 4.94. The van der Waals surface area contributed by atoms with Gasteiger partial charge in [-0.15, -0.1) is 0 Å². The largest absolute Gasteiger partial charge is 0.353 e. The number of nitrogens with one attached hydrogen (secondary N) is 1. The summed E-state index contributed by atoms with van der Waals surface area (Å²) in [6.45, 7) is 6.50. The van der Waals surface area contributed by atoms with Crippen LogP contribution in [0.15, 0.2) is 11.6 Å². The highest BCUT2D eigenvalue weighted by atomic mass is 16.1. The summed E-state index contributed by atoms with van der Waals surface area (Å²) in [5.41, 5.74) is 1.38. The highest BCUT2D eigenvalue weighted by molar-refractivity contribution is 5.76. The SMILES string of the molecule is CC(C)=CCCC(C)CC(=O)NC1C2CC3CC(C2)CC1C3. The van der Waals surface area contributed by atoms with Gasteiger partial charge in [0.15, 0.2) is 0 Å². The molecule has 0 aromatic heterocycles. The summed E-state index contributed by atoms with van der Waals surface area (Å²) < 4.78 is 0. The highest BCUT2D eigenvalue weighted by Gasteiger charge is 2.48. The molecule has 4 fully saturated rings. The van der Waals surface area contributed by atoms with Crippen LogP contribution >= 0.6 is 0 Å². The van der Waals surface area contributed by atoms with E-state index in [1.54, 1.807) is 0 Å². The molecule has 0 aromatic rings. The fourth-order valence-electron chi connectivity index (χ4n) is 5.48. The lowest BCUT2D eigenvalue weighted by Gasteiger charge is -2.54. The molecule has 1 unspecified atom stereocenters. The topological polar surface area (TPSA) is 29.1 Å². The van der Waals surface area contributed by atoms with Crippen LogP contribution in [0.1, 0.15) is 72.1 Å². The molecule has 124 valence electrons. The quantitative estimate of drug-likeness (QED) is 0.708. The van der Waals surface area contributed by atoms with Gasteiger partial charge in [-0.3, -0.25) is 4.79 Å². The van der Waals surface area contributed by atoms with E-state index in [4.69, 9.17) is 0 Å². The molecule has 0 aromatic carbocycles. The number of hydrogen-bond donors (Lipinski definition) is 1. The van der Waals surface area contributed by atoms with Crippen LogP contribution in [0, 0.1) is 29.6 Å². The zero-order valence-electron chi connectivity index (χ0n) is 14.6. The monoisotopic (exact) mass is 303 g/mol. The second-order valence-electron chi connectivity index (χ2n) is 8.69. The molecule has 0 heterocycles. The molecule has 2 nitrogen and oxygen atoms in total. The van der Waals surface area contributed by atoms with Gasteiger partial charge < -0.3 is 5.32 Å². The Morgan fingerprint density at radius 2 is 1.68 bits per heavy atom. The maximum absolute atomic E-state index is 12.4. The van der Waals surface area contributed by atoms with Crippen molar-refractivity contribution in [2.24, 2.45) is 29.6 Å². The number of amides is 1. The summed E-state index contributed by atoms with van der Waals surface area (Å²) >= 11 is 0. The molecule has 0 spiro atoms. The summed E-state index contributed by atoms with van der Waals surface area (Å²) in [4.78, 5) is 12.4. The number of carbonyl (C=O) groups is 1. The Morgan fingerprint density at radius 3 is 2.23 bits per heavy atom. The van der Waals surface area contributed by atoms with Crippen molar-refractivity contribution < 1.29 is 4.79 Å². The number of rotatable bonds is 6. The van der Waals surface area contributed by atoms with E-state index < -0.39 is 0 Å². The first-order valence-electron chi connectivity index (χ1n) is 9.44. The Hall–Kier alpha value is -0.790.